The zero-order valence-electron chi connectivity index (χ0n) is 17.4. The van der Waals surface area contributed by atoms with Crippen molar-refractivity contribution in [2.45, 2.75) is 18.7 Å². The van der Waals surface area contributed by atoms with Gasteiger partial charge in [0.05, 0.1) is 10.6 Å². The van der Waals surface area contributed by atoms with Gasteiger partial charge in [-0.3, -0.25) is 13.9 Å². The van der Waals surface area contributed by atoms with Crippen LogP contribution in [0.3, 0.4) is 0 Å². The molecule has 8 heteroatoms. The second-order valence-electron chi connectivity index (χ2n) is 7.00. The lowest BCUT2D eigenvalue weighted by molar-refractivity contribution is -0.114. The van der Waals surface area contributed by atoms with Crippen LogP contribution < -0.4 is 14.9 Å². The van der Waals surface area contributed by atoms with Gasteiger partial charge in [-0.2, -0.15) is 0 Å². The SMILES string of the molecule is CC(=O)Nc1ccc(NC(=O)c2ccc(N(C)S(=O)(=O)c3ccccc3)c(C)c2)cc1. The first-order chi connectivity index (χ1) is 14.7. The summed E-state index contributed by atoms with van der Waals surface area (Å²) >= 11 is 0. The van der Waals surface area contributed by atoms with E-state index in [1.165, 1.54) is 18.3 Å². The van der Waals surface area contributed by atoms with Crippen molar-refractivity contribution >= 4 is 38.9 Å². The molecule has 0 radical (unpaired) electrons. The maximum absolute atomic E-state index is 12.9. The standard InChI is InChI=1S/C23H23N3O4S/c1-16-15-18(23(28)25-20-12-10-19(11-13-20)24-17(2)27)9-14-22(16)26(3)31(29,30)21-7-5-4-6-8-21/h4-15H,1-3H3,(H,24,27)(H,25,28). The Balaban J connectivity index is 1.77. The van der Waals surface area contributed by atoms with E-state index in [1.54, 1.807) is 79.7 Å². The summed E-state index contributed by atoms with van der Waals surface area (Å²) in [5.41, 5.74) is 2.74. The van der Waals surface area contributed by atoms with Gasteiger partial charge in [-0.05, 0) is 67.1 Å². The van der Waals surface area contributed by atoms with Crippen LogP contribution in [0.25, 0.3) is 0 Å². The van der Waals surface area contributed by atoms with E-state index in [4.69, 9.17) is 0 Å². The molecular formula is C23H23N3O4S. The lowest BCUT2D eigenvalue weighted by Gasteiger charge is -2.22. The molecule has 0 bridgehead atoms. The van der Waals surface area contributed by atoms with Crippen molar-refractivity contribution in [1.82, 2.24) is 0 Å². The summed E-state index contributed by atoms with van der Waals surface area (Å²) in [4.78, 5) is 23.9. The molecule has 7 nitrogen and oxygen atoms in total. The van der Waals surface area contributed by atoms with Crippen molar-refractivity contribution in [2.75, 3.05) is 22.0 Å². The third-order valence-electron chi connectivity index (χ3n) is 4.66. The van der Waals surface area contributed by atoms with Crippen LogP contribution in [0.5, 0.6) is 0 Å². The Bertz CT molecular complexity index is 1210. The summed E-state index contributed by atoms with van der Waals surface area (Å²) in [6.45, 7) is 3.18. The summed E-state index contributed by atoms with van der Waals surface area (Å²) in [7, 11) is -2.22. The van der Waals surface area contributed by atoms with Gasteiger partial charge >= 0.3 is 0 Å². The lowest BCUT2D eigenvalue weighted by atomic mass is 10.1. The van der Waals surface area contributed by atoms with Crippen molar-refractivity contribution in [3.63, 3.8) is 0 Å². The van der Waals surface area contributed by atoms with Gasteiger partial charge in [0.1, 0.15) is 0 Å². The monoisotopic (exact) mass is 437 g/mol. The first kappa shape index (κ1) is 22.0. The molecule has 0 aliphatic rings. The predicted molar refractivity (Wildman–Crippen MR) is 122 cm³/mol. The van der Waals surface area contributed by atoms with Crippen molar-refractivity contribution in [1.29, 1.82) is 0 Å². The molecule has 0 heterocycles. The molecule has 0 fully saturated rings. The van der Waals surface area contributed by atoms with Crippen LogP contribution >= 0.6 is 0 Å². The van der Waals surface area contributed by atoms with Crippen LogP contribution in [-0.2, 0) is 14.8 Å². The van der Waals surface area contributed by atoms with Crippen molar-refractivity contribution in [2.24, 2.45) is 0 Å². The fourth-order valence-electron chi connectivity index (χ4n) is 3.07. The number of benzene rings is 3. The third-order valence-corrected chi connectivity index (χ3v) is 6.45. The Morgan fingerprint density at radius 3 is 1.97 bits per heavy atom. The summed E-state index contributed by atoms with van der Waals surface area (Å²) < 4.78 is 26.9. The molecule has 0 aromatic heterocycles. The molecule has 3 aromatic carbocycles. The summed E-state index contributed by atoms with van der Waals surface area (Å²) in [5, 5.41) is 5.45. The molecule has 31 heavy (non-hydrogen) atoms. The van der Waals surface area contributed by atoms with Crippen molar-refractivity contribution < 1.29 is 18.0 Å². The average Bonchev–Trinajstić information content (AvgIpc) is 2.74. The van der Waals surface area contributed by atoms with Gasteiger partial charge in [-0.25, -0.2) is 8.42 Å². The first-order valence-corrected chi connectivity index (χ1v) is 11.0. The molecule has 0 aliphatic heterocycles. The van der Waals surface area contributed by atoms with Gasteiger partial charge in [0.25, 0.3) is 15.9 Å². The fraction of sp³-hybridized carbons (Fsp3) is 0.130. The van der Waals surface area contributed by atoms with E-state index < -0.39 is 10.0 Å². The normalized spacial score (nSPS) is 10.9. The summed E-state index contributed by atoms with van der Waals surface area (Å²) in [5.74, 6) is -0.498. The van der Waals surface area contributed by atoms with Crippen LogP contribution in [0, 0.1) is 6.92 Å². The summed E-state index contributed by atoms with van der Waals surface area (Å²) in [6.07, 6.45) is 0. The number of anilines is 3. The van der Waals surface area contributed by atoms with Crippen LogP contribution in [0.2, 0.25) is 0 Å². The van der Waals surface area contributed by atoms with Gasteiger partial charge in [-0.15, -0.1) is 0 Å². The number of sulfonamides is 1. The molecule has 2 N–H and O–H groups in total. The minimum atomic E-state index is -3.71. The number of nitrogens with one attached hydrogen (secondary N) is 2. The molecule has 0 saturated carbocycles. The van der Waals surface area contributed by atoms with Crippen LogP contribution in [0.15, 0.2) is 77.7 Å². The molecule has 0 unspecified atom stereocenters. The zero-order valence-corrected chi connectivity index (χ0v) is 18.2. The molecule has 0 aliphatic carbocycles. The first-order valence-electron chi connectivity index (χ1n) is 9.52. The maximum Gasteiger partial charge on any atom is 0.264 e. The number of carbonyl (C=O) groups is 2. The molecule has 3 aromatic rings. The van der Waals surface area contributed by atoms with Crippen LogP contribution in [-0.4, -0.2) is 27.3 Å². The Morgan fingerprint density at radius 1 is 0.839 bits per heavy atom. The van der Waals surface area contributed by atoms with E-state index in [2.05, 4.69) is 10.6 Å². The number of hydrogen-bond acceptors (Lipinski definition) is 4. The van der Waals surface area contributed by atoms with Crippen LogP contribution in [0.4, 0.5) is 17.1 Å². The zero-order chi connectivity index (χ0) is 22.6. The van der Waals surface area contributed by atoms with Crippen molar-refractivity contribution in [3.05, 3.63) is 83.9 Å². The number of hydrogen-bond donors (Lipinski definition) is 2. The highest BCUT2D eigenvalue weighted by molar-refractivity contribution is 7.92. The van der Waals surface area contributed by atoms with E-state index in [1.807, 2.05) is 0 Å². The Kier molecular flexibility index (Phi) is 6.41. The number of rotatable bonds is 6. The highest BCUT2D eigenvalue weighted by Crippen LogP contribution is 2.26. The second kappa shape index (κ2) is 9.01. The van der Waals surface area contributed by atoms with Crippen LogP contribution in [0.1, 0.15) is 22.8 Å². The molecule has 2 amide bonds. The van der Waals surface area contributed by atoms with E-state index in [0.29, 0.717) is 28.2 Å². The predicted octanol–water partition coefficient (Wildman–Crippen LogP) is 4.03. The largest absolute Gasteiger partial charge is 0.326 e. The molecular weight excluding hydrogens is 414 g/mol. The van der Waals surface area contributed by atoms with Gasteiger partial charge < -0.3 is 10.6 Å². The van der Waals surface area contributed by atoms with E-state index in [9.17, 15) is 18.0 Å². The smallest absolute Gasteiger partial charge is 0.264 e. The van der Waals surface area contributed by atoms with Gasteiger partial charge in [0, 0.05) is 30.9 Å². The highest BCUT2D eigenvalue weighted by Gasteiger charge is 2.22. The van der Waals surface area contributed by atoms with E-state index >= 15 is 0 Å². The minimum absolute atomic E-state index is 0.174. The Morgan fingerprint density at radius 2 is 1.42 bits per heavy atom. The molecule has 0 spiro atoms. The topological polar surface area (TPSA) is 95.6 Å². The third kappa shape index (κ3) is 5.10. The minimum Gasteiger partial charge on any atom is -0.326 e. The number of nitrogens with zero attached hydrogens (tertiary/aromatic N) is 1. The number of aryl methyl sites for hydroxylation is 1. The average molecular weight is 438 g/mol. The quantitative estimate of drug-likeness (QED) is 0.609. The Hall–Kier alpha value is -3.65. The molecule has 3 rings (SSSR count). The number of carbonyl (C=O) groups excluding carboxylic acids is 2. The summed E-state index contributed by atoms with van der Waals surface area (Å²) in [6, 6.07) is 19.8. The van der Waals surface area contributed by atoms with E-state index in [0.717, 1.165) is 0 Å². The second-order valence-corrected chi connectivity index (χ2v) is 8.97. The number of amides is 2. The van der Waals surface area contributed by atoms with Gasteiger partial charge in [0.15, 0.2) is 0 Å². The molecule has 160 valence electrons. The van der Waals surface area contributed by atoms with Gasteiger partial charge in [-0.1, -0.05) is 18.2 Å². The van der Waals surface area contributed by atoms with E-state index in [-0.39, 0.29) is 16.7 Å². The maximum atomic E-state index is 12.9. The van der Waals surface area contributed by atoms with Gasteiger partial charge in [0.2, 0.25) is 5.91 Å². The fourth-order valence-corrected chi connectivity index (χ4v) is 4.35. The van der Waals surface area contributed by atoms with Crippen molar-refractivity contribution in [3.8, 4) is 0 Å². The highest BCUT2D eigenvalue weighted by atomic mass is 32.2. The lowest BCUT2D eigenvalue weighted by Crippen LogP contribution is -2.27. The molecule has 0 saturated heterocycles. The molecule has 0 atom stereocenters. The Labute approximate surface area is 181 Å².